The van der Waals surface area contributed by atoms with E-state index in [0.717, 1.165) is 25.8 Å². The van der Waals surface area contributed by atoms with Gasteiger partial charge in [0, 0.05) is 25.8 Å². The zero-order valence-electron chi connectivity index (χ0n) is 12.2. The van der Waals surface area contributed by atoms with Crippen molar-refractivity contribution in [1.82, 2.24) is 19.4 Å². The summed E-state index contributed by atoms with van der Waals surface area (Å²) in [5, 5.41) is 7.15. The van der Waals surface area contributed by atoms with Crippen LogP contribution in [0.4, 0.5) is 0 Å². The molecule has 1 atom stereocenters. The fourth-order valence-corrected chi connectivity index (χ4v) is 4.06. The van der Waals surface area contributed by atoms with Crippen LogP contribution in [0.15, 0.2) is 17.3 Å². The first-order valence-corrected chi connectivity index (χ1v) is 8.69. The Balaban J connectivity index is 2.11. The van der Waals surface area contributed by atoms with Gasteiger partial charge in [-0.2, -0.15) is 9.40 Å². The maximum absolute atomic E-state index is 12.6. The molecule has 0 aliphatic carbocycles. The topological polar surface area (TPSA) is 67.2 Å². The number of hydrogen-bond acceptors (Lipinski definition) is 4. The number of rotatable bonds is 6. The minimum absolute atomic E-state index is 0.311. The van der Waals surface area contributed by atoms with E-state index in [-0.39, 0.29) is 0 Å². The van der Waals surface area contributed by atoms with Crippen molar-refractivity contribution in [3.8, 4) is 0 Å². The molecule has 1 aliphatic rings. The van der Waals surface area contributed by atoms with Crippen LogP contribution in [0, 0.1) is 5.92 Å². The molecular weight excluding hydrogens is 276 g/mol. The minimum atomic E-state index is -3.38. The molecule has 20 heavy (non-hydrogen) atoms. The molecule has 0 saturated carbocycles. The minimum Gasteiger partial charge on any atom is -0.318 e. The van der Waals surface area contributed by atoms with E-state index in [1.165, 1.54) is 6.20 Å². The highest BCUT2D eigenvalue weighted by atomic mass is 32.2. The molecule has 1 N–H and O–H groups in total. The van der Waals surface area contributed by atoms with E-state index in [9.17, 15) is 8.42 Å². The van der Waals surface area contributed by atoms with Crippen LogP contribution in [0.1, 0.15) is 26.2 Å². The number of sulfonamides is 1. The molecule has 6 nitrogen and oxygen atoms in total. The zero-order chi connectivity index (χ0) is 14.6. The Bertz CT molecular complexity index is 526. The number of piperidine rings is 1. The van der Waals surface area contributed by atoms with Crippen molar-refractivity contribution >= 4 is 10.0 Å². The second-order valence-electron chi connectivity index (χ2n) is 5.32. The fourth-order valence-electron chi connectivity index (χ4n) is 2.55. The van der Waals surface area contributed by atoms with Crippen LogP contribution < -0.4 is 5.32 Å². The Kier molecular flexibility index (Phi) is 5.17. The molecule has 1 saturated heterocycles. The van der Waals surface area contributed by atoms with E-state index in [4.69, 9.17) is 0 Å². The highest BCUT2D eigenvalue weighted by Crippen LogP contribution is 2.24. The predicted molar refractivity (Wildman–Crippen MR) is 77.9 cm³/mol. The van der Waals surface area contributed by atoms with E-state index < -0.39 is 10.0 Å². The van der Waals surface area contributed by atoms with Crippen LogP contribution in [0.5, 0.6) is 0 Å². The molecule has 2 rings (SSSR count). The van der Waals surface area contributed by atoms with E-state index in [0.29, 0.717) is 30.4 Å². The lowest BCUT2D eigenvalue weighted by Crippen LogP contribution is -2.39. The first kappa shape index (κ1) is 15.5. The van der Waals surface area contributed by atoms with Crippen molar-refractivity contribution in [3.63, 3.8) is 0 Å². The smallest absolute Gasteiger partial charge is 0.246 e. The van der Waals surface area contributed by atoms with Crippen LogP contribution >= 0.6 is 0 Å². The lowest BCUT2D eigenvalue weighted by Gasteiger charge is -2.30. The summed E-state index contributed by atoms with van der Waals surface area (Å²) >= 11 is 0. The summed E-state index contributed by atoms with van der Waals surface area (Å²) in [6.45, 7) is 4.82. The van der Waals surface area contributed by atoms with Crippen LogP contribution in [-0.2, 0) is 16.6 Å². The lowest BCUT2D eigenvalue weighted by molar-refractivity contribution is 0.261. The van der Waals surface area contributed by atoms with Crippen molar-refractivity contribution in [2.45, 2.75) is 37.6 Å². The maximum atomic E-state index is 12.6. The average molecular weight is 300 g/mol. The molecule has 1 unspecified atom stereocenters. The molecule has 7 heteroatoms. The molecular formula is C13H24N4O2S. The second kappa shape index (κ2) is 6.69. The van der Waals surface area contributed by atoms with Gasteiger partial charge < -0.3 is 5.32 Å². The quantitative estimate of drug-likeness (QED) is 0.848. The highest BCUT2D eigenvalue weighted by Gasteiger charge is 2.30. The van der Waals surface area contributed by atoms with Gasteiger partial charge in [-0.3, -0.25) is 4.68 Å². The van der Waals surface area contributed by atoms with Crippen LogP contribution in [0.2, 0.25) is 0 Å². The number of nitrogens with one attached hydrogen (secondary N) is 1. The SMILES string of the molecule is CCC1CCCN(S(=O)(=O)c2cnn(CCNC)c2)C1. The lowest BCUT2D eigenvalue weighted by atomic mass is 9.97. The average Bonchev–Trinajstić information content (AvgIpc) is 2.94. The number of nitrogens with zero attached hydrogens (tertiary/aromatic N) is 3. The summed E-state index contributed by atoms with van der Waals surface area (Å²) in [6.07, 6.45) is 6.20. The summed E-state index contributed by atoms with van der Waals surface area (Å²) < 4.78 is 28.5. The summed E-state index contributed by atoms with van der Waals surface area (Å²) in [6, 6.07) is 0. The highest BCUT2D eigenvalue weighted by molar-refractivity contribution is 7.89. The molecule has 0 amide bonds. The summed E-state index contributed by atoms with van der Waals surface area (Å²) in [4.78, 5) is 0.311. The van der Waals surface area contributed by atoms with E-state index in [1.807, 2.05) is 7.05 Å². The van der Waals surface area contributed by atoms with Gasteiger partial charge in [0.1, 0.15) is 4.90 Å². The van der Waals surface area contributed by atoms with Crippen molar-refractivity contribution in [2.24, 2.45) is 5.92 Å². The van der Waals surface area contributed by atoms with Crippen molar-refractivity contribution in [2.75, 3.05) is 26.7 Å². The Morgan fingerprint density at radius 3 is 3.00 bits per heavy atom. The van der Waals surface area contributed by atoms with Gasteiger partial charge in [0.25, 0.3) is 0 Å². The molecule has 1 fully saturated rings. The molecule has 0 bridgehead atoms. The van der Waals surface area contributed by atoms with Gasteiger partial charge in [-0.05, 0) is 25.8 Å². The number of hydrogen-bond donors (Lipinski definition) is 1. The van der Waals surface area contributed by atoms with E-state index in [2.05, 4.69) is 17.3 Å². The normalized spacial score (nSPS) is 21.2. The molecule has 2 heterocycles. The summed E-state index contributed by atoms with van der Waals surface area (Å²) in [5.41, 5.74) is 0. The Labute approximate surface area is 121 Å². The molecule has 1 aromatic rings. The van der Waals surface area contributed by atoms with E-state index in [1.54, 1.807) is 15.2 Å². The van der Waals surface area contributed by atoms with Gasteiger partial charge in [0.15, 0.2) is 0 Å². The third-order valence-electron chi connectivity index (χ3n) is 3.90. The summed E-state index contributed by atoms with van der Waals surface area (Å²) in [7, 11) is -1.52. The number of aromatic nitrogens is 2. The third kappa shape index (κ3) is 3.39. The van der Waals surface area contributed by atoms with Crippen molar-refractivity contribution < 1.29 is 8.42 Å². The van der Waals surface area contributed by atoms with Crippen LogP contribution in [-0.4, -0.2) is 49.2 Å². The molecule has 0 radical (unpaired) electrons. The molecule has 1 aromatic heterocycles. The van der Waals surface area contributed by atoms with Gasteiger partial charge in [-0.1, -0.05) is 13.3 Å². The molecule has 0 spiro atoms. The second-order valence-corrected chi connectivity index (χ2v) is 7.26. The zero-order valence-corrected chi connectivity index (χ0v) is 13.1. The Hall–Kier alpha value is -0.920. The van der Waals surface area contributed by atoms with Crippen molar-refractivity contribution in [1.29, 1.82) is 0 Å². The molecule has 114 valence electrons. The van der Waals surface area contributed by atoms with E-state index >= 15 is 0 Å². The first-order valence-electron chi connectivity index (χ1n) is 7.25. The Morgan fingerprint density at radius 2 is 2.30 bits per heavy atom. The largest absolute Gasteiger partial charge is 0.318 e. The standard InChI is InChI=1S/C13H24N4O2S/c1-3-12-5-4-7-17(10-12)20(18,19)13-9-15-16(11-13)8-6-14-2/h9,11-12,14H,3-8,10H2,1-2H3. The van der Waals surface area contributed by atoms with Gasteiger partial charge in [0.05, 0.1) is 12.7 Å². The van der Waals surface area contributed by atoms with Gasteiger partial charge in [-0.25, -0.2) is 8.42 Å². The first-order chi connectivity index (χ1) is 9.57. The Morgan fingerprint density at radius 1 is 1.50 bits per heavy atom. The summed E-state index contributed by atoms with van der Waals surface area (Å²) in [5.74, 6) is 0.484. The number of likely N-dealkylation sites (N-methyl/N-ethyl adjacent to an activating group) is 1. The van der Waals surface area contributed by atoms with Crippen LogP contribution in [0.3, 0.4) is 0 Å². The van der Waals surface area contributed by atoms with Gasteiger partial charge >= 0.3 is 0 Å². The maximum Gasteiger partial charge on any atom is 0.246 e. The van der Waals surface area contributed by atoms with Gasteiger partial charge in [-0.15, -0.1) is 0 Å². The monoisotopic (exact) mass is 300 g/mol. The van der Waals surface area contributed by atoms with Crippen molar-refractivity contribution in [3.05, 3.63) is 12.4 Å². The third-order valence-corrected chi connectivity index (χ3v) is 5.72. The van der Waals surface area contributed by atoms with Gasteiger partial charge in [0.2, 0.25) is 10.0 Å². The fraction of sp³-hybridized carbons (Fsp3) is 0.769. The molecule has 0 aromatic carbocycles. The van der Waals surface area contributed by atoms with Crippen LogP contribution in [0.25, 0.3) is 0 Å². The predicted octanol–water partition coefficient (Wildman–Crippen LogP) is 0.913. The molecule has 1 aliphatic heterocycles.